The molecule has 4 fully saturated rings. The van der Waals surface area contributed by atoms with E-state index in [0.717, 1.165) is 19.3 Å². The molecule has 28 heavy (non-hydrogen) atoms. The largest absolute Gasteiger partial charge is 0.457 e. The lowest BCUT2D eigenvalue weighted by Gasteiger charge is -2.65. The molecule has 3 N–H and O–H groups in total. The third-order valence-corrected chi connectivity index (χ3v) is 8.75. The highest BCUT2D eigenvalue weighted by molar-refractivity contribution is 5.90. The van der Waals surface area contributed by atoms with Crippen molar-refractivity contribution in [2.75, 3.05) is 0 Å². The number of esters is 1. The van der Waals surface area contributed by atoms with Crippen LogP contribution in [0.2, 0.25) is 0 Å². The molecule has 0 saturated heterocycles. The first kappa shape index (κ1) is 20.0. The van der Waals surface area contributed by atoms with Gasteiger partial charge in [0, 0.05) is 25.2 Å². The number of aliphatic hydroxyl groups excluding tert-OH is 3. The van der Waals surface area contributed by atoms with Gasteiger partial charge in [0.2, 0.25) is 0 Å². The van der Waals surface area contributed by atoms with E-state index >= 15 is 0 Å². The summed E-state index contributed by atoms with van der Waals surface area (Å²) in [6.45, 7) is 11.6. The number of Topliss-reactive ketones (excluding diaryl/α,β-unsaturated/α-hetero) is 1. The van der Waals surface area contributed by atoms with Gasteiger partial charge in [0.05, 0.1) is 18.3 Å². The van der Waals surface area contributed by atoms with E-state index in [9.17, 15) is 24.9 Å². The van der Waals surface area contributed by atoms with Crippen molar-refractivity contribution in [2.45, 2.75) is 77.8 Å². The number of ether oxygens (including phenoxy) is 1. The Bertz CT molecular complexity index is 743. The Morgan fingerprint density at radius 3 is 2.39 bits per heavy atom. The number of hydrogen-bond donors (Lipinski definition) is 3. The van der Waals surface area contributed by atoms with E-state index in [2.05, 4.69) is 27.4 Å². The average molecular weight is 392 g/mol. The molecule has 4 saturated carbocycles. The SMILES string of the molecule is C=C1[C@@H]2[C@@H](O)[C@H](O)[C@@H]3C(C(=O)C[C@@H]4C(C)(C)CCC[C@]43C)([C@@H]1OC(C)=O)[C@@H]2O. The van der Waals surface area contributed by atoms with Crippen LogP contribution in [0.3, 0.4) is 0 Å². The van der Waals surface area contributed by atoms with Gasteiger partial charge in [-0.25, -0.2) is 0 Å². The maximum Gasteiger partial charge on any atom is 0.303 e. The smallest absolute Gasteiger partial charge is 0.303 e. The zero-order valence-electron chi connectivity index (χ0n) is 17.1. The summed E-state index contributed by atoms with van der Waals surface area (Å²) in [6.07, 6.45) is -1.66. The molecule has 0 aromatic rings. The predicted octanol–water partition coefficient (Wildman–Crippen LogP) is 1.61. The van der Waals surface area contributed by atoms with E-state index in [-0.39, 0.29) is 23.5 Å². The molecule has 4 rings (SSSR count). The molecule has 156 valence electrons. The molecular weight excluding hydrogens is 360 g/mol. The molecule has 6 nitrogen and oxygen atoms in total. The summed E-state index contributed by atoms with van der Waals surface area (Å²) in [4.78, 5) is 25.6. The van der Waals surface area contributed by atoms with Gasteiger partial charge in [-0.2, -0.15) is 0 Å². The van der Waals surface area contributed by atoms with Crippen LogP contribution in [0.4, 0.5) is 0 Å². The molecule has 0 aromatic carbocycles. The second kappa shape index (κ2) is 5.89. The van der Waals surface area contributed by atoms with Gasteiger partial charge in [-0.15, -0.1) is 0 Å². The van der Waals surface area contributed by atoms with Crippen molar-refractivity contribution in [3.05, 3.63) is 12.2 Å². The van der Waals surface area contributed by atoms with E-state index in [1.165, 1.54) is 6.92 Å². The summed E-state index contributed by atoms with van der Waals surface area (Å²) in [5.74, 6) is -2.29. The molecule has 6 heteroatoms. The summed E-state index contributed by atoms with van der Waals surface area (Å²) in [7, 11) is 0. The second-order valence-electron chi connectivity index (χ2n) is 10.5. The Balaban J connectivity index is 1.95. The highest BCUT2D eigenvalue weighted by Crippen LogP contribution is 2.71. The van der Waals surface area contributed by atoms with E-state index in [0.29, 0.717) is 5.57 Å². The monoisotopic (exact) mass is 392 g/mol. The first-order valence-corrected chi connectivity index (χ1v) is 10.3. The van der Waals surface area contributed by atoms with E-state index < -0.39 is 53.1 Å². The maximum absolute atomic E-state index is 13.7. The predicted molar refractivity (Wildman–Crippen MR) is 101 cm³/mol. The second-order valence-corrected chi connectivity index (χ2v) is 10.5. The van der Waals surface area contributed by atoms with Crippen LogP contribution in [0.1, 0.15) is 53.4 Å². The normalized spacial score (nSPS) is 52.0. The molecule has 0 aliphatic heterocycles. The van der Waals surface area contributed by atoms with Gasteiger partial charge < -0.3 is 20.1 Å². The molecule has 0 amide bonds. The molecule has 4 aliphatic carbocycles. The molecule has 4 aliphatic rings. The van der Waals surface area contributed by atoms with Gasteiger partial charge in [-0.3, -0.25) is 9.59 Å². The van der Waals surface area contributed by atoms with Crippen molar-refractivity contribution in [1.82, 2.24) is 0 Å². The van der Waals surface area contributed by atoms with Crippen LogP contribution in [0.15, 0.2) is 12.2 Å². The van der Waals surface area contributed by atoms with Crippen LogP contribution in [0.25, 0.3) is 0 Å². The van der Waals surface area contributed by atoms with Crippen LogP contribution in [0, 0.1) is 34.0 Å². The van der Waals surface area contributed by atoms with Crippen LogP contribution < -0.4 is 0 Å². The Hall–Kier alpha value is -1.24. The number of hydrogen-bond acceptors (Lipinski definition) is 6. The topological polar surface area (TPSA) is 104 Å². The third-order valence-electron chi connectivity index (χ3n) is 8.75. The molecule has 9 atom stereocenters. The number of ketones is 1. The van der Waals surface area contributed by atoms with Crippen molar-refractivity contribution in [2.24, 2.45) is 34.0 Å². The molecule has 1 spiro atoms. The fourth-order valence-electron chi connectivity index (χ4n) is 7.75. The lowest BCUT2D eigenvalue weighted by molar-refractivity contribution is -0.248. The van der Waals surface area contributed by atoms with Crippen LogP contribution in [0.5, 0.6) is 0 Å². The summed E-state index contributed by atoms with van der Waals surface area (Å²) < 4.78 is 5.57. The quantitative estimate of drug-likeness (QED) is 0.463. The Morgan fingerprint density at radius 2 is 1.79 bits per heavy atom. The fraction of sp³-hybridized carbons (Fsp3) is 0.818. The van der Waals surface area contributed by atoms with Gasteiger partial charge >= 0.3 is 5.97 Å². The third kappa shape index (κ3) is 2.14. The summed E-state index contributed by atoms with van der Waals surface area (Å²) in [5, 5.41) is 33.4. The fourth-order valence-corrected chi connectivity index (χ4v) is 7.75. The minimum absolute atomic E-state index is 0.0225. The van der Waals surface area contributed by atoms with E-state index in [4.69, 9.17) is 4.74 Å². The van der Waals surface area contributed by atoms with E-state index in [1.807, 2.05) is 0 Å². The van der Waals surface area contributed by atoms with Crippen LogP contribution >= 0.6 is 0 Å². The van der Waals surface area contributed by atoms with Crippen LogP contribution in [-0.2, 0) is 14.3 Å². The number of carbonyl (C=O) groups is 2. The molecule has 0 radical (unpaired) electrons. The lowest BCUT2D eigenvalue weighted by Crippen LogP contribution is -2.72. The number of aliphatic hydroxyl groups is 3. The Kier molecular flexibility index (Phi) is 4.22. The highest BCUT2D eigenvalue weighted by Gasteiger charge is 2.78. The summed E-state index contributed by atoms with van der Waals surface area (Å²) in [6, 6.07) is 0. The lowest BCUT2D eigenvalue weighted by atomic mass is 9.39. The zero-order valence-corrected chi connectivity index (χ0v) is 17.1. The first-order chi connectivity index (χ1) is 12.9. The summed E-state index contributed by atoms with van der Waals surface area (Å²) in [5.41, 5.74) is -1.67. The van der Waals surface area contributed by atoms with Crippen molar-refractivity contribution in [1.29, 1.82) is 0 Å². The summed E-state index contributed by atoms with van der Waals surface area (Å²) >= 11 is 0. The zero-order chi connectivity index (χ0) is 20.8. The molecule has 0 heterocycles. The van der Waals surface area contributed by atoms with Gasteiger partial charge in [0.15, 0.2) is 0 Å². The maximum atomic E-state index is 13.7. The number of rotatable bonds is 1. The van der Waals surface area contributed by atoms with Crippen molar-refractivity contribution in [3.8, 4) is 0 Å². The van der Waals surface area contributed by atoms with Crippen LogP contribution in [-0.4, -0.2) is 51.5 Å². The molecule has 0 aromatic heterocycles. The number of fused-ring (bicyclic) bond motifs is 3. The number of carbonyl (C=O) groups excluding carboxylic acids is 2. The minimum atomic E-state index is -1.44. The molecule has 2 bridgehead atoms. The van der Waals surface area contributed by atoms with Gasteiger partial charge in [-0.05, 0) is 35.2 Å². The molecule has 1 unspecified atom stereocenters. The Labute approximate surface area is 166 Å². The molecular formula is C22H32O6. The van der Waals surface area contributed by atoms with Gasteiger partial charge in [0.1, 0.15) is 17.3 Å². The Morgan fingerprint density at radius 1 is 1.14 bits per heavy atom. The van der Waals surface area contributed by atoms with Gasteiger partial charge in [-0.1, -0.05) is 33.8 Å². The van der Waals surface area contributed by atoms with Gasteiger partial charge in [0.25, 0.3) is 0 Å². The van der Waals surface area contributed by atoms with E-state index in [1.54, 1.807) is 0 Å². The van der Waals surface area contributed by atoms with Crippen molar-refractivity contribution >= 4 is 11.8 Å². The van der Waals surface area contributed by atoms with Crippen molar-refractivity contribution in [3.63, 3.8) is 0 Å². The standard InChI is InChI=1S/C22H32O6/c1-10-14-15(25)16(26)17-21(5)8-6-7-20(3,4)12(21)9-13(24)22(17,18(14)27)19(10)28-11(2)23/h12,14-19,25-27H,1,6-9H2,2-5H3/t12-,14-,15-,16+,17+,18-,19-,21-,22?/m1/s1. The minimum Gasteiger partial charge on any atom is -0.457 e. The van der Waals surface area contributed by atoms with Crippen molar-refractivity contribution < 1.29 is 29.6 Å². The average Bonchev–Trinajstić information content (AvgIpc) is 2.73. The first-order valence-electron chi connectivity index (χ1n) is 10.3. The highest BCUT2D eigenvalue weighted by atomic mass is 16.5.